The Bertz CT molecular complexity index is 288. The molecule has 0 aromatic heterocycles. The first kappa shape index (κ1) is 13.9. The Kier molecular flexibility index (Phi) is 5.64. The highest BCUT2D eigenvalue weighted by Gasteiger charge is 2.17. The lowest BCUT2D eigenvalue weighted by molar-refractivity contribution is 0.303. The maximum atomic E-state index is 13.1. The van der Waals surface area contributed by atoms with E-state index in [1.165, 1.54) is 32.1 Å². The molecule has 1 aliphatic rings. The number of hydrogen-bond acceptors (Lipinski definition) is 3. The summed E-state index contributed by atoms with van der Waals surface area (Å²) in [5.74, 6) is -0.225. The van der Waals surface area contributed by atoms with Crippen LogP contribution in [0.15, 0.2) is 0 Å². The second-order valence-corrected chi connectivity index (χ2v) is 6.01. The molecule has 96 valence electrons. The van der Waals surface area contributed by atoms with Gasteiger partial charge in [-0.3, -0.25) is 4.55 Å². The fourth-order valence-corrected chi connectivity index (χ4v) is 2.70. The summed E-state index contributed by atoms with van der Waals surface area (Å²) in [5.41, 5.74) is 0. The van der Waals surface area contributed by atoms with Gasteiger partial charge in [-0.1, -0.05) is 19.3 Å². The van der Waals surface area contributed by atoms with Gasteiger partial charge in [-0.15, -0.1) is 0 Å². The van der Waals surface area contributed by atoms with Gasteiger partial charge in [0.05, 0.1) is 0 Å². The first-order valence-electron chi connectivity index (χ1n) is 5.77. The van der Waals surface area contributed by atoms with Crippen LogP contribution < -0.4 is 5.32 Å². The maximum absolute atomic E-state index is 13.1. The summed E-state index contributed by atoms with van der Waals surface area (Å²) in [5, 5.41) is 2.93. The van der Waals surface area contributed by atoms with Crippen molar-refractivity contribution in [3.05, 3.63) is 0 Å². The van der Waals surface area contributed by atoms with Crippen LogP contribution in [0.1, 0.15) is 32.1 Å². The van der Waals surface area contributed by atoms with Crippen LogP contribution in [-0.4, -0.2) is 38.0 Å². The van der Waals surface area contributed by atoms with E-state index in [0.717, 1.165) is 6.54 Å². The van der Waals surface area contributed by atoms with Gasteiger partial charge in [0, 0.05) is 6.54 Å². The van der Waals surface area contributed by atoms with Gasteiger partial charge in [0.2, 0.25) is 0 Å². The number of alkyl halides is 1. The van der Waals surface area contributed by atoms with Crippen molar-refractivity contribution in [2.24, 2.45) is 5.92 Å². The Morgan fingerprint density at radius 2 is 1.94 bits per heavy atom. The van der Waals surface area contributed by atoms with Crippen LogP contribution >= 0.6 is 0 Å². The van der Waals surface area contributed by atoms with Crippen LogP contribution in [-0.2, 0) is 10.1 Å². The summed E-state index contributed by atoms with van der Waals surface area (Å²) in [4.78, 5) is 0. The van der Waals surface area contributed by atoms with Gasteiger partial charge in [0.15, 0.2) is 0 Å². The summed E-state index contributed by atoms with van der Waals surface area (Å²) >= 11 is 0. The largest absolute Gasteiger partial charge is 0.314 e. The number of halogens is 1. The first-order valence-corrected chi connectivity index (χ1v) is 7.38. The fraction of sp³-hybridized carbons (Fsp3) is 1.00. The van der Waals surface area contributed by atoms with Gasteiger partial charge in [-0.05, 0) is 25.3 Å². The zero-order chi connectivity index (χ0) is 12.0. The van der Waals surface area contributed by atoms with Crippen molar-refractivity contribution in [3.63, 3.8) is 0 Å². The van der Waals surface area contributed by atoms with Crippen molar-refractivity contribution >= 4 is 10.1 Å². The first-order chi connectivity index (χ1) is 7.47. The van der Waals surface area contributed by atoms with Gasteiger partial charge in [-0.2, -0.15) is 8.42 Å². The molecule has 1 aliphatic carbocycles. The minimum Gasteiger partial charge on any atom is -0.314 e. The Labute approximate surface area is 96.4 Å². The van der Waals surface area contributed by atoms with Crippen LogP contribution in [0.5, 0.6) is 0 Å². The van der Waals surface area contributed by atoms with Gasteiger partial charge in [0.25, 0.3) is 10.1 Å². The van der Waals surface area contributed by atoms with Crippen molar-refractivity contribution in [3.8, 4) is 0 Å². The topological polar surface area (TPSA) is 66.4 Å². The molecule has 1 fully saturated rings. The predicted molar refractivity (Wildman–Crippen MR) is 60.8 cm³/mol. The van der Waals surface area contributed by atoms with E-state index in [9.17, 15) is 12.8 Å². The van der Waals surface area contributed by atoms with Crippen molar-refractivity contribution < 1.29 is 17.4 Å². The van der Waals surface area contributed by atoms with Crippen LogP contribution in [0.25, 0.3) is 0 Å². The third kappa shape index (κ3) is 6.40. The van der Waals surface area contributed by atoms with E-state index in [0.29, 0.717) is 5.92 Å². The van der Waals surface area contributed by atoms with Gasteiger partial charge in [-0.25, -0.2) is 4.39 Å². The normalized spacial score (nSPS) is 20.9. The molecule has 0 saturated heterocycles. The number of hydrogen-bond donors (Lipinski definition) is 2. The molecule has 2 N–H and O–H groups in total. The van der Waals surface area contributed by atoms with Crippen molar-refractivity contribution in [1.29, 1.82) is 0 Å². The molecular weight excluding hydrogens is 233 g/mol. The van der Waals surface area contributed by atoms with Crippen LogP contribution in [0.3, 0.4) is 0 Å². The second kappa shape index (κ2) is 6.51. The molecule has 0 amide bonds. The van der Waals surface area contributed by atoms with Crippen LogP contribution in [0, 0.1) is 5.92 Å². The Balaban J connectivity index is 2.10. The van der Waals surface area contributed by atoms with E-state index in [1.807, 2.05) is 0 Å². The lowest BCUT2D eigenvalue weighted by Crippen LogP contribution is -2.33. The fourth-order valence-electron chi connectivity index (χ4n) is 2.12. The number of rotatable bonds is 6. The Morgan fingerprint density at radius 1 is 1.31 bits per heavy atom. The van der Waals surface area contributed by atoms with Gasteiger partial charge in [0.1, 0.15) is 11.9 Å². The van der Waals surface area contributed by atoms with Crippen LogP contribution in [0.4, 0.5) is 4.39 Å². The third-order valence-electron chi connectivity index (χ3n) is 2.92. The van der Waals surface area contributed by atoms with E-state index < -0.39 is 22.0 Å². The quantitative estimate of drug-likeness (QED) is 0.702. The van der Waals surface area contributed by atoms with Gasteiger partial charge >= 0.3 is 0 Å². The van der Waals surface area contributed by atoms with Gasteiger partial charge < -0.3 is 5.32 Å². The maximum Gasteiger partial charge on any atom is 0.267 e. The zero-order valence-electron chi connectivity index (χ0n) is 9.36. The highest BCUT2D eigenvalue weighted by Crippen LogP contribution is 2.22. The van der Waals surface area contributed by atoms with E-state index >= 15 is 0 Å². The number of nitrogens with one attached hydrogen (secondary N) is 1. The average Bonchev–Trinajstić information content (AvgIpc) is 2.16. The van der Waals surface area contributed by atoms with Crippen molar-refractivity contribution in [2.45, 2.75) is 38.3 Å². The molecule has 6 heteroatoms. The minimum atomic E-state index is -4.19. The molecule has 0 radical (unpaired) electrons. The molecule has 1 rings (SSSR count). The Hall–Kier alpha value is -0.200. The second-order valence-electron chi connectivity index (χ2n) is 4.51. The highest BCUT2D eigenvalue weighted by atomic mass is 32.2. The Morgan fingerprint density at radius 3 is 2.50 bits per heavy atom. The smallest absolute Gasteiger partial charge is 0.267 e. The minimum absolute atomic E-state index is 0.00368. The average molecular weight is 253 g/mol. The summed E-state index contributed by atoms with van der Waals surface area (Å²) in [6.07, 6.45) is 4.56. The monoisotopic (exact) mass is 253 g/mol. The summed E-state index contributed by atoms with van der Waals surface area (Å²) in [6, 6.07) is 0. The molecule has 1 saturated carbocycles. The molecule has 0 spiro atoms. The molecule has 0 aromatic carbocycles. The molecule has 4 nitrogen and oxygen atoms in total. The molecule has 0 aromatic rings. The lowest BCUT2D eigenvalue weighted by Gasteiger charge is -2.22. The van der Waals surface area contributed by atoms with E-state index in [-0.39, 0.29) is 6.54 Å². The highest BCUT2D eigenvalue weighted by molar-refractivity contribution is 7.85. The third-order valence-corrected chi connectivity index (χ3v) is 3.70. The summed E-state index contributed by atoms with van der Waals surface area (Å²) < 4.78 is 42.3. The van der Waals surface area contributed by atoms with E-state index in [2.05, 4.69) is 5.32 Å². The van der Waals surface area contributed by atoms with Crippen molar-refractivity contribution in [1.82, 2.24) is 5.32 Å². The lowest BCUT2D eigenvalue weighted by atomic mass is 9.89. The summed E-state index contributed by atoms with van der Waals surface area (Å²) in [7, 11) is -4.19. The van der Waals surface area contributed by atoms with E-state index in [1.54, 1.807) is 0 Å². The molecule has 1 unspecified atom stereocenters. The molecule has 0 aliphatic heterocycles. The molecule has 0 heterocycles. The van der Waals surface area contributed by atoms with Crippen molar-refractivity contribution in [2.75, 3.05) is 18.8 Å². The summed E-state index contributed by atoms with van der Waals surface area (Å²) in [6.45, 7) is 0.738. The predicted octanol–water partition coefficient (Wildman–Crippen LogP) is 1.38. The zero-order valence-corrected chi connectivity index (χ0v) is 10.2. The standard InChI is InChI=1S/C10H20FNO3S/c11-10(8-16(13,14)15)7-12-6-9-4-2-1-3-5-9/h9-10,12H,1-8H2,(H,13,14,15). The molecule has 16 heavy (non-hydrogen) atoms. The van der Waals surface area contributed by atoms with E-state index in [4.69, 9.17) is 4.55 Å². The molecular formula is C10H20FNO3S. The molecule has 1 atom stereocenters. The molecule has 0 bridgehead atoms. The van der Waals surface area contributed by atoms with Crippen LogP contribution in [0.2, 0.25) is 0 Å². The SMILES string of the molecule is O=S(=O)(O)CC(F)CNCC1CCCCC1.